The van der Waals surface area contributed by atoms with E-state index in [9.17, 15) is 0 Å². The number of thiazole rings is 1. The van der Waals surface area contributed by atoms with E-state index in [1.54, 1.807) is 11.3 Å². The normalized spacial score (nSPS) is 20.9. The van der Waals surface area contributed by atoms with Crippen molar-refractivity contribution in [2.45, 2.75) is 12.5 Å². The molecule has 2 aromatic rings. The zero-order valence-electron chi connectivity index (χ0n) is 8.18. The van der Waals surface area contributed by atoms with Gasteiger partial charge in [-0.1, -0.05) is 6.07 Å². The molecule has 1 aliphatic heterocycles. The summed E-state index contributed by atoms with van der Waals surface area (Å²) >= 11 is 1.64. The number of benzene rings is 1. The van der Waals surface area contributed by atoms with Gasteiger partial charge in [-0.25, -0.2) is 4.98 Å². The molecule has 0 bridgehead atoms. The summed E-state index contributed by atoms with van der Waals surface area (Å²) in [7, 11) is 0. The highest BCUT2D eigenvalue weighted by Gasteiger charge is 2.18. The number of hydrogen-bond acceptors (Lipinski definition) is 4. The van der Waals surface area contributed by atoms with Crippen molar-refractivity contribution in [1.82, 2.24) is 4.98 Å². The summed E-state index contributed by atoms with van der Waals surface area (Å²) in [6, 6.07) is 6.04. The molecule has 3 rings (SSSR count). The number of ether oxygens (including phenoxy) is 2. The highest BCUT2D eigenvalue weighted by molar-refractivity contribution is 7.16. The third-order valence-electron chi connectivity index (χ3n) is 2.51. The molecule has 0 unspecified atom stereocenters. The van der Waals surface area contributed by atoms with E-state index >= 15 is 0 Å². The maximum absolute atomic E-state index is 5.87. The maximum Gasteiger partial charge on any atom is 0.146 e. The summed E-state index contributed by atoms with van der Waals surface area (Å²) < 4.78 is 12.3. The minimum absolute atomic E-state index is 0.192. The van der Waals surface area contributed by atoms with Crippen LogP contribution in [0, 0.1) is 0 Å². The molecule has 0 N–H and O–H groups in total. The fourth-order valence-electron chi connectivity index (χ4n) is 1.74. The van der Waals surface area contributed by atoms with Crippen molar-refractivity contribution in [2.75, 3.05) is 13.2 Å². The fourth-order valence-corrected chi connectivity index (χ4v) is 2.43. The van der Waals surface area contributed by atoms with Crippen molar-refractivity contribution in [2.24, 2.45) is 0 Å². The minimum Gasteiger partial charge on any atom is -0.486 e. The van der Waals surface area contributed by atoms with Crippen LogP contribution in [0.15, 0.2) is 23.7 Å². The van der Waals surface area contributed by atoms with E-state index < -0.39 is 0 Å². The standard InChI is InChI=1S/C11H11NO2S/c1-2-9(14-8-4-5-13-6-8)11-10(3-1)15-7-12-11/h1-3,7-8H,4-6H2/t8-/m0/s1. The first kappa shape index (κ1) is 9.12. The fraction of sp³-hybridized carbons (Fsp3) is 0.364. The second kappa shape index (κ2) is 3.79. The smallest absolute Gasteiger partial charge is 0.146 e. The molecule has 15 heavy (non-hydrogen) atoms. The molecule has 3 nitrogen and oxygen atoms in total. The van der Waals surface area contributed by atoms with Gasteiger partial charge in [-0.3, -0.25) is 0 Å². The van der Waals surface area contributed by atoms with Gasteiger partial charge in [0.2, 0.25) is 0 Å². The van der Waals surface area contributed by atoms with Gasteiger partial charge < -0.3 is 9.47 Å². The summed E-state index contributed by atoms with van der Waals surface area (Å²) in [6.45, 7) is 1.50. The van der Waals surface area contributed by atoms with E-state index in [4.69, 9.17) is 9.47 Å². The van der Waals surface area contributed by atoms with Crippen molar-refractivity contribution < 1.29 is 9.47 Å². The molecule has 1 aromatic heterocycles. The van der Waals surface area contributed by atoms with E-state index in [0.29, 0.717) is 6.61 Å². The van der Waals surface area contributed by atoms with Crippen LogP contribution in [-0.4, -0.2) is 24.3 Å². The van der Waals surface area contributed by atoms with Gasteiger partial charge in [0.1, 0.15) is 17.4 Å². The van der Waals surface area contributed by atoms with E-state index in [1.807, 2.05) is 17.6 Å². The second-order valence-corrected chi connectivity index (χ2v) is 4.45. The van der Waals surface area contributed by atoms with Crippen LogP contribution in [0.2, 0.25) is 0 Å². The Morgan fingerprint density at radius 3 is 3.33 bits per heavy atom. The van der Waals surface area contributed by atoms with Crippen LogP contribution < -0.4 is 4.74 Å². The average molecular weight is 221 g/mol. The number of para-hydroxylation sites is 1. The van der Waals surface area contributed by atoms with Crippen molar-refractivity contribution in [3.63, 3.8) is 0 Å². The summed E-state index contributed by atoms with van der Waals surface area (Å²) in [4.78, 5) is 4.31. The highest BCUT2D eigenvalue weighted by atomic mass is 32.1. The van der Waals surface area contributed by atoms with Crippen LogP contribution in [0.3, 0.4) is 0 Å². The van der Waals surface area contributed by atoms with Gasteiger partial charge >= 0.3 is 0 Å². The van der Waals surface area contributed by atoms with Crippen LogP contribution >= 0.6 is 11.3 Å². The Labute approximate surface area is 91.7 Å². The van der Waals surface area contributed by atoms with Crippen LogP contribution in [0.5, 0.6) is 5.75 Å². The summed E-state index contributed by atoms with van der Waals surface area (Å²) in [6.07, 6.45) is 1.16. The molecule has 1 fully saturated rings. The minimum atomic E-state index is 0.192. The van der Waals surface area contributed by atoms with Crippen molar-refractivity contribution in [3.8, 4) is 5.75 Å². The third kappa shape index (κ3) is 1.70. The topological polar surface area (TPSA) is 31.4 Å². The Hall–Kier alpha value is -1.13. The lowest BCUT2D eigenvalue weighted by Gasteiger charge is -2.11. The molecule has 0 spiro atoms. The van der Waals surface area contributed by atoms with Crippen LogP contribution in [0.25, 0.3) is 10.2 Å². The summed E-state index contributed by atoms with van der Waals surface area (Å²) in [5, 5.41) is 0. The average Bonchev–Trinajstić information content (AvgIpc) is 2.87. The van der Waals surface area contributed by atoms with Gasteiger partial charge in [0, 0.05) is 6.42 Å². The Morgan fingerprint density at radius 1 is 1.47 bits per heavy atom. The molecule has 4 heteroatoms. The van der Waals surface area contributed by atoms with E-state index in [-0.39, 0.29) is 6.10 Å². The summed E-state index contributed by atoms with van der Waals surface area (Å²) in [5.41, 5.74) is 2.82. The Balaban J connectivity index is 1.92. The quantitative estimate of drug-likeness (QED) is 0.780. The number of nitrogens with zero attached hydrogens (tertiary/aromatic N) is 1. The molecule has 0 saturated carbocycles. The number of hydrogen-bond donors (Lipinski definition) is 0. The molecular weight excluding hydrogens is 210 g/mol. The molecule has 1 aliphatic rings. The maximum atomic E-state index is 5.87. The van der Waals surface area contributed by atoms with Crippen molar-refractivity contribution >= 4 is 21.6 Å². The predicted octanol–water partition coefficient (Wildman–Crippen LogP) is 2.46. The summed E-state index contributed by atoms with van der Waals surface area (Å²) in [5.74, 6) is 0.879. The molecule has 1 atom stereocenters. The zero-order chi connectivity index (χ0) is 10.1. The lowest BCUT2D eigenvalue weighted by atomic mass is 10.3. The largest absolute Gasteiger partial charge is 0.486 e. The first-order valence-corrected chi connectivity index (χ1v) is 5.88. The molecule has 0 amide bonds. The van der Waals surface area contributed by atoms with Gasteiger partial charge in [0.05, 0.1) is 23.4 Å². The molecule has 0 aliphatic carbocycles. The third-order valence-corrected chi connectivity index (χ3v) is 3.30. The monoisotopic (exact) mass is 221 g/mol. The lowest BCUT2D eigenvalue weighted by molar-refractivity contribution is 0.142. The van der Waals surface area contributed by atoms with E-state index in [1.165, 1.54) is 4.70 Å². The Kier molecular flexibility index (Phi) is 2.31. The Bertz CT molecular complexity index is 462. The molecule has 1 saturated heterocycles. The number of fused-ring (bicyclic) bond motifs is 1. The first-order chi connectivity index (χ1) is 7.43. The Morgan fingerprint density at radius 2 is 2.47 bits per heavy atom. The lowest BCUT2D eigenvalue weighted by Crippen LogP contribution is -2.15. The molecule has 0 radical (unpaired) electrons. The van der Waals surface area contributed by atoms with Gasteiger partial charge in [-0.05, 0) is 12.1 Å². The van der Waals surface area contributed by atoms with E-state index in [2.05, 4.69) is 11.1 Å². The zero-order valence-corrected chi connectivity index (χ0v) is 9.00. The van der Waals surface area contributed by atoms with Gasteiger partial charge in [-0.15, -0.1) is 11.3 Å². The molecule has 78 valence electrons. The van der Waals surface area contributed by atoms with E-state index in [0.717, 1.165) is 24.3 Å². The molecular formula is C11H11NO2S. The highest BCUT2D eigenvalue weighted by Crippen LogP contribution is 2.28. The number of aromatic nitrogens is 1. The van der Waals surface area contributed by atoms with Crippen LogP contribution in [0.1, 0.15) is 6.42 Å². The second-order valence-electron chi connectivity index (χ2n) is 3.56. The van der Waals surface area contributed by atoms with Gasteiger partial charge in [-0.2, -0.15) is 0 Å². The predicted molar refractivity (Wildman–Crippen MR) is 59.5 cm³/mol. The molecule has 1 aromatic carbocycles. The van der Waals surface area contributed by atoms with Gasteiger partial charge in [0.25, 0.3) is 0 Å². The first-order valence-electron chi connectivity index (χ1n) is 5.00. The number of rotatable bonds is 2. The molecule has 2 heterocycles. The SMILES string of the molecule is c1cc(O[C@H]2CCOC2)c2ncsc2c1. The van der Waals surface area contributed by atoms with Crippen LogP contribution in [-0.2, 0) is 4.74 Å². The van der Waals surface area contributed by atoms with Crippen LogP contribution in [0.4, 0.5) is 0 Å². The van der Waals surface area contributed by atoms with Gasteiger partial charge in [0.15, 0.2) is 0 Å². The van der Waals surface area contributed by atoms with Crippen molar-refractivity contribution in [3.05, 3.63) is 23.7 Å². The van der Waals surface area contributed by atoms with Crippen molar-refractivity contribution in [1.29, 1.82) is 0 Å².